The molecule has 1 heterocycles. The van der Waals surface area contributed by atoms with E-state index in [1.807, 2.05) is 0 Å². The maximum atomic E-state index is 9.33. The monoisotopic (exact) mass is 142 g/mol. The molecule has 1 saturated carbocycles. The van der Waals surface area contributed by atoms with Gasteiger partial charge in [-0.1, -0.05) is 12.8 Å². The highest BCUT2D eigenvalue weighted by atomic mass is 16.6. The Balaban J connectivity index is 1.85. The maximum absolute atomic E-state index is 9.33. The molecule has 1 saturated heterocycles. The predicted molar refractivity (Wildman–Crippen MR) is 37.8 cm³/mol. The number of rotatable bonds is 0. The minimum Gasteiger partial charge on any atom is -0.393 e. The Hall–Kier alpha value is -0.0800. The zero-order chi connectivity index (χ0) is 6.97. The van der Waals surface area contributed by atoms with E-state index in [1.165, 1.54) is 19.3 Å². The van der Waals surface area contributed by atoms with E-state index >= 15 is 0 Å². The fraction of sp³-hybridized carbons (Fsp3) is 1.00. The van der Waals surface area contributed by atoms with Crippen LogP contribution in [0.2, 0.25) is 0 Å². The van der Waals surface area contributed by atoms with Gasteiger partial charge in [0.25, 0.3) is 0 Å². The highest BCUT2D eigenvalue weighted by Crippen LogP contribution is 2.33. The Morgan fingerprint density at radius 1 is 1.10 bits per heavy atom. The summed E-state index contributed by atoms with van der Waals surface area (Å²) < 4.78 is 5.35. The second-order valence-electron chi connectivity index (χ2n) is 3.39. The van der Waals surface area contributed by atoms with Crippen LogP contribution in [0, 0.1) is 0 Å². The molecule has 2 nitrogen and oxygen atoms in total. The van der Waals surface area contributed by atoms with Gasteiger partial charge < -0.3 is 9.84 Å². The Labute approximate surface area is 61.2 Å². The van der Waals surface area contributed by atoms with Gasteiger partial charge in [0.05, 0.1) is 18.3 Å². The number of hydrogen-bond donors (Lipinski definition) is 1. The standard InChI is InChI=1S/C8H14O2/c9-6-3-1-2-4-7-8(5-6)10-7/h6-9H,1-5H2. The molecule has 2 heteroatoms. The number of hydrogen-bond acceptors (Lipinski definition) is 2. The lowest BCUT2D eigenvalue weighted by atomic mass is 9.99. The van der Waals surface area contributed by atoms with Gasteiger partial charge in [0.2, 0.25) is 0 Å². The van der Waals surface area contributed by atoms with Crippen LogP contribution in [0.25, 0.3) is 0 Å². The molecule has 58 valence electrons. The SMILES string of the molecule is OC1CCCCC2OC2C1. The van der Waals surface area contributed by atoms with Crippen LogP contribution in [0.4, 0.5) is 0 Å². The van der Waals surface area contributed by atoms with Gasteiger partial charge in [-0.25, -0.2) is 0 Å². The molecule has 1 aliphatic carbocycles. The van der Waals surface area contributed by atoms with Gasteiger partial charge in [0.15, 0.2) is 0 Å². The molecule has 2 aliphatic rings. The molecule has 3 unspecified atom stereocenters. The molecule has 10 heavy (non-hydrogen) atoms. The van der Waals surface area contributed by atoms with E-state index in [2.05, 4.69) is 0 Å². The van der Waals surface area contributed by atoms with Crippen molar-refractivity contribution in [3.05, 3.63) is 0 Å². The minimum atomic E-state index is -0.0877. The third-order valence-electron chi connectivity index (χ3n) is 2.47. The summed E-state index contributed by atoms with van der Waals surface area (Å²) in [5.41, 5.74) is 0. The van der Waals surface area contributed by atoms with Gasteiger partial charge in [-0.3, -0.25) is 0 Å². The van der Waals surface area contributed by atoms with Gasteiger partial charge in [0, 0.05) is 6.42 Å². The maximum Gasteiger partial charge on any atom is 0.0866 e. The average molecular weight is 142 g/mol. The first-order valence-electron chi connectivity index (χ1n) is 4.20. The highest BCUT2D eigenvalue weighted by Gasteiger charge is 2.40. The average Bonchev–Trinajstić information content (AvgIpc) is 2.54. The topological polar surface area (TPSA) is 32.8 Å². The van der Waals surface area contributed by atoms with Gasteiger partial charge in [0.1, 0.15) is 0 Å². The van der Waals surface area contributed by atoms with Crippen molar-refractivity contribution >= 4 is 0 Å². The van der Waals surface area contributed by atoms with E-state index in [-0.39, 0.29) is 6.10 Å². The largest absolute Gasteiger partial charge is 0.393 e. The Morgan fingerprint density at radius 2 is 1.90 bits per heavy atom. The first-order chi connectivity index (χ1) is 4.86. The molecule has 2 fully saturated rings. The molecule has 0 aromatic rings. The molecule has 0 spiro atoms. The van der Waals surface area contributed by atoms with Crippen molar-refractivity contribution in [3.63, 3.8) is 0 Å². The van der Waals surface area contributed by atoms with Gasteiger partial charge in [-0.05, 0) is 12.8 Å². The summed E-state index contributed by atoms with van der Waals surface area (Å²) in [5, 5.41) is 9.33. The van der Waals surface area contributed by atoms with E-state index in [4.69, 9.17) is 4.74 Å². The second-order valence-corrected chi connectivity index (χ2v) is 3.39. The zero-order valence-corrected chi connectivity index (χ0v) is 6.12. The van der Waals surface area contributed by atoms with Crippen molar-refractivity contribution in [3.8, 4) is 0 Å². The van der Waals surface area contributed by atoms with Crippen molar-refractivity contribution in [1.29, 1.82) is 0 Å². The molecule has 0 aromatic heterocycles. The van der Waals surface area contributed by atoms with Crippen molar-refractivity contribution < 1.29 is 9.84 Å². The highest BCUT2D eigenvalue weighted by molar-refractivity contribution is 4.88. The van der Waals surface area contributed by atoms with Crippen LogP contribution in [0.15, 0.2) is 0 Å². The molecule has 0 radical (unpaired) electrons. The lowest BCUT2D eigenvalue weighted by Crippen LogP contribution is -2.13. The molecule has 0 bridgehead atoms. The lowest BCUT2D eigenvalue weighted by molar-refractivity contribution is 0.139. The molecule has 2 rings (SSSR count). The van der Waals surface area contributed by atoms with E-state index in [9.17, 15) is 5.11 Å². The van der Waals surface area contributed by atoms with Gasteiger partial charge in [-0.2, -0.15) is 0 Å². The normalized spacial score (nSPS) is 47.1. The third kappa shape index (κ3) is 1.32. The number of ether oxygens (including phenoxy) is 1. The fourth-order valence-electron chi connectivity index (χ4n) is 1.75. The van der Waals surface area contributed by atoms with Crippen LogP contribution in [0.5, 0.6) is 0 Å². The second kappa shape index (κ2) is 2.51. The van der Waals surface area contributed by atoms with Crippen molar-refractivity contribution in [2.75, 3.05) is 0 Å². The van der Waals surface area contributed by atoms with E-state index in [1.54, 1.807) is 0 Å². The quantitative estimate of drug-likeness (QED) is 0.513. The van der Waals surface area contributed by atoms with Crippen LogP contribution < -0.4 is 0 Å². The fourth-order valence-corrected chi connectivity index (χ4v) is 1.75. The summed E-state index contributed by atoms with van der Waals surface area (Å²) in [5.74, 6) is 0. The summed E-state index contributed by atoms with van der Waals surface area (Å²) >= 11 is 0. The van der Waals surface area contributed by atoms with Gasteiger partial charge >= 0.3 is 0 Å². The predicted octanol–water partition coefficient (Wildman–Crippen LogP) is 1.08. The van der Waals surface area contributed by atoms with Gasteiger partial charge in [-0.15, -0.1) is 0 Å². The Bertz CT molecular complexity index is 124. The number of aliphatic hydroxyl groups excluding tert-OH is 1. The Kier molecular flexibility index (Phi) is 1.66. The lowest BCUT2D eigenvalue weighted by Gasteiger charge is -2.10. The molecule has 0 aromatic carbocycles. The summed E-state index contributed by atoms with van der Waals surface area (Å²) in [6, 6.07) is 0. The zero-order valence-electron chi connectivity index (χ0n) is 6.12. The van der Waals surface area contributed by atoms with Crippen LogP contribution in [0.3, 0.4) is 0 Å². The van der Waals surface area contributed by atoms with Crippen LogP contribution >= 0.6 is 0 Å². The smallest absolute Gasteiger partial charge is 0.0866 e. The van der Waals surface area contributed by atoms with E-state index in [0.717, 1.165) is 12.8 Å². The number of epoxide rings is 1. The van der Waals surface area contributed by atoms with Crippen LogP contribution in [-0.2, 0) is 4.74 Å². The summed E-state index contributed by atoms with van der Waals surface area (Å²) in [4.78, 5) is 0. The molecule has 1 N–H and O–H groups in total. The Morgan fingerprint density at radius 3 is 2.80 bits per heavy atom. The number of aliphatic hydroxyl groups is 1. The summed E-state index contributed by atoms with van der Waals surface area (Å²) in [7, 11) is 0. The van der Waals surface area contributed by atoms with Crippen molar-refractivity contribution in [2.24, 2.45) is 0 Å². The third-order valence-corrected chi connectivity index (χ3v) is 2.47. The first-order valence-corrected chi connectivity index (χ1v) is 4.20. The van der Waals surface area contributed by atoms with Crippen molar-refractivity contribution in [1.82, 2.24) is 0 Å². The van der Waals surface area contributed by atoms with E-state index < -0.39 is 0 Å². The summed E-state index contributed by atoms with van der Waals surface area (Å²) in [6.45, 7) is 0. The molecular weight excluding hydrogens is 128 g/mol. The molecule has 3 atom stereocenters. The van der Waals surface area contributed by atoms with E-state index in [0.29, 0.717) is 12.2 Å². The molecular formula is C8H14O2. The minimum absolute atomic E-state index is 0.0877. The van der Waals surface area contributed by atoms with Crippen LogP contribution in [0.1, 0.15) is 32.1 Å². The molecule has 0 amide bonds. The summed E-state index contributed by atoms with van der Waals surface area (Å²) in [6.07, 6.45) is 6.32. The van der Waals surface area contributed by atoms with Crippen LogP contribution in [-0.4, -0.2) is 23.4 Å². The molecule has 1 aliphatic heterocycles. The van der Waals surface area contributed by atoms with Crippen molar-refractivity contribution in [2.45, 2.75) is 50.4 Å². The first kappa shape index (κ1) is 6.62. The number of fused-ring (bicyclic) bond motifs is 1.